The summed E-state index contributed by atoms with van der Waals surface area (Å²) in [5, 5.41) is 2.51. The van der Waals surface area contributed by atoms with Gasteiger partial charge in [-0.05, 0) is 151 Å². The van der Waals surface area contributed by atoms with E-state index in [2.05, 4.69) is 216 Å². The van der Waals surface area contributed by atoms with Gasteiger partial charge in [0.15, 0.2) is 6.54 Å². The van der Waals surface area contributed by atoms with Gasteiger partial charge in [-0.3, -0.25) is 0 Å². The Bertz CT molecular complexity index is 2800. The monoisotopic (exact) mass is 797 g/mol. The Morgan fingerprint density at radius 2 is 1.51 bits per heavy atom. The van der Waals surface area contributed by atoms with E-state index < -0.39 is 0 Å². The summed E-state index contributed by atoms with van der Waals surface area (Å²) in [7, 11) is 2.19. The Kier molecular flexibility index (Phi) is 12.4. The number of allylic oxidation sites excluding steroid dienone is 10. The van der Waals surface area contributed by atoms with E-state index in [1.54, 1.807) is 0 Å². The molecule has 0 N–H and O–H groups in total. The molecule has 61 heavy (non-hydrogen) atoms. The highest BCUT2D eigenvalue weighted by atomic mass is 15.1. The topological polar surface area (TPSA) is 6.25 Å². The van der Waals surface area contributed by atoms with Crippen molar-refractivity contribution in [3.63, 3.8) is 0 Å². The predicted octanol–water partition coefficient (Wildman–Crippen LogP) is 13.7. The van der Waals surface area contributed by atoms with E-state index in [0.29, 0.717) is 11.8 Å². The summed E-state index contributed by atoms with van der Waals surface area (Å²) in [5.41, 5.74) is 20.2. The molecule has 0 fully saturated rings. The SMILES string of the molecule is C=C1C=C(c2ccccc2)C=C2C[N+](=c3cc(CC(CCCC)C(C)c4ccccc4/C(C)=C/C=C(C)C)c(=C4C=C(C)C=CN4C)cc31)c1ccc(-c3ccccc3)cc12. The lowest BCUT2D eigenvalue weighted by molar-refractivity contribution is 0.397. The first-order valence-electron chi connectivity index (χ1n) is 22.3. The molecule has 0 amide bonds. The summed E-state index contributed by atoms with van der Waals surface area (Å²) in [4.78, 5) is 2.30. The first-order valence-corrected chi connectivity index (χ1v) is 22.3. The maximum atomic E-state index is 4.85. The predicted molar refractivity (Wildman–Crippen MR) is 263 cm³/mol. The second kappa shape index (κ2) is 18.2. The molecule has 3 aliphatic heterocycles. The number of fused-ring (bicyclic) bond motifs is 6. The molecule has 8 rings (SSSR count). The summed E-state index contributed by atoms with van der Waals surface area (Å²) < 4.78 is 2.57. The van der Waals surface area contributed by atoms with E-state index in [1.165, 1.54) is 107 Å². The summed E-state index contributed by atoms with van der Waals surface area (Å²) >= 11 is 0. The highest BCUT2D eigenvalue weighted by molar-refractivity contribution is 5.96. The van der Waals surface area contributed by atoms with Gasteiger partial charge in [-0.25, -0.2) is 0 Å². The number of hydrogen-bond donors (Lipinski definition) is 0. The first-order chi connectivity index (χ1) is 29.6. The van der Waals surface area contributed by atoms with Crippen molar-refractivity contribution in [2.45, 2.75) is 73.1 Å². The van der Waals surface area contributed by atoms with Crippen LogP contribution in [0, 0.1) is 5.92 Å². The van der Waals surface area contributed by atoms with Crippen molar-refractivity contribution >= 4 is 33.7 Å². The molecule has 306 valence electrons. The molecule has 0 aromatic heterocycles. The molecule has 2 atom stereocenters. The second-order valence-electron chi connectivity index (χ2n) is 17.6. The van der Waals surface area contributed by atoms with Crippen molar-refractivity contribution in [3.05, 3.63) is 220 Å². The van der Waals surface area contributed by atoms with Gasteiger partial charge in [0.2, 0.25) is 11.0 Å². The third-order valence-corrected chi connectivity index (χ3v) is 12.9. The lowest BCUT2D eigenvalue weighted by Gasteiger charge is -2.28. The minimum atomic E-state index is 0.354. The third kappa shape index (κ3) is 8.82. The second-order valence-corrected chi connectivity index (χ2v) is 17.6. The molecule has 5 aromatic carbocycles. The van der Waals surface area contributed by atoms with E-state index in [1.807, 2.05) is 0 Å². The number of unbranched alkanes of at least 4 members (excludes halogenated alkanes) is 1. The van der Waals surface area contributed by atoms with Gasteiger partial charge in [-0.1, -0.05) is 136 Å². The maximum Gasteiger partial charge on any atom is 0.214 e. The van der Waals surface area contributed by atoms with Crippen molar-refractivity contribution in [3.8, 4) is 11.1 Å². The number of nitrogens with zero attached hydrogens (tertiary/aromatic N) is 2. The molecule has 2 heteroatoms. The Balaban J connectivity index is 1.38. The normalized spacial score (nSPS) is 16.7. The number of hydrogen-bond acceptors (Lipinski definition) is 1. The summed E-state index contributed by atoms with van der Waals surface area (Å²) in [6, 6.07) is 42.8. The summed E-state index contributed by atoms with van der Waals surface area (Å²) in [6.45, 7) is 19.3. The molecule has 0 saturated carbocycles. The quantitative estimate of drug-likeness (QED) is 0.0953. The van der Waals surface area contributed by atoms with E-state index in [-0.39, 0.29) is 0 Å². The number of rotatable bonds is 11. The van der Waals surface area contributed by atoms with Gasteiger partial charge >= 0.3 is 0 Å². The van der Waals surface area contributed by atoms with Gasteiger partial charge in [-0.2, -0.15) is 4.58 Å². The van der Waals surface area contributed by atoms with Gasteiger partial charge < -0.3 is 4.90 Å². The van der Waals surface area contributed by atoms with E-state index in [0.717, 1.165) is 25.0 Å². The van der Waals surface area contributed by atoms with Crippen LogP contribution < -0.4 is 15.2 Å². The standard InChI is InChI=1S/C59H61N2/c1-9-10-19-47(44(7)53-25-18-17-24-52(53)42(5)27-26-40(2)3)34-50-37-59-54(38-56(50)58-32-41(4)30-31-60(58)8)43(6)33-49(46-22-15-12-16-23-46)35-51-39-61(59)57-29-28-48(36-55(51)57)45-20-13-11-14-21-45/h11-18,20-33,35-38,44,47H,6,9-10,19,34,39H2,1-5,7-8H3/q+1/b42-27+,49-33?,51-35?. The summed E-state index contributed by atoms with van der Waals surface area (Å²) in [5.74, 6) is 0.787. The summed E-state index contributed by atoms with van der Waals surface area (Å²) in [6.07, 6.45) is 20.6. The zero-order chi connectivity index (χ0) is 42.6. The van der Waals surface area contributed by atoms with Crippen LogP contribution in [0.5, 0.6) is 0 Å². The Hall–Kier alpha value is -6.25. The van der Waals surface area contributed by atoms with E-state index >= 15 is 0 Å². The molecule has 2 bridgehead atoms. The number of likely N-dealkylation sites (N-methyl/N-ethyl adjacent to an activating group) is 1. The molecular formula is C59H61N2+. The van der Waals surface area contributed by atoms with Crippen LogP contribution in [-0.4, -0.2) is 18.5 Å². The van der Waals surface area contributed by atoms with Crippen LogP contribution in [0.4, 0.5) is 5.69 Å². The molecule has 5 aromatic rings. The van der Waals surface area contributed by atoms with Crippen molar-refractivity contribution in [2.75, 3.05) is 13.6 Å². The zero-order valence-electron chi connectivity index (χ0n) is 37.3. The number of benzene rings is 5. The van der Waals surface area contributed by atoms with Gasteiger partial charge in [0.1, 0.15) is 0 Å². The van der Waals surface area contributed by atoms with Crippen LogP contribution >= 0.6 is 0 Å². The highest BCUT2D eigenvalue weighted by Crippen LogP contribution is 2.40. The van der Waals surface area contributed by atoms with Gasteiger partial charge in [0, 0.05) is 41.9 Å². The lowest BCUT2D eigenvalue weighted by atomic mass is 9.77. The molecular weight excluding hydrogens is 737 g/mol. The Morgan fingerprint density at radius 3 is 2.25 bits per heavy atom. The van der Waals surface area contributed by atoms with Crippen LogP contribution in [0.3, 0.4) is 0 Å². The molecule has 0 spiro atoms. The average Bonchev–Trinajstić information content (AvgIpc) is 3.66. The molecule has 3 aliphatic rings. The smallest absolute Gasteiger partial charge is 0.214 e. The largest absolute Gasteiger partial charge is 0.351 e. The Labute approximate surface area is 365 Å². The maximum absolute atomic E-state index is 4.85. The molecule has 0 saturated heterocycles. The lowest BCUT2D eigenvalue weighted by Crippen LogP contribution is -2.33. The third-order valence-electron chi connectivity index (χ3n) is 12.9. The minimum Gasteiger partial charge on any atom is -0.351 e. The van der Waals surface area contributed by atoms with Gasteiger partial charge in [0.25, 0.3) is 0 Å². The molecule has 3 heterocycles. The van der Waals surface area contributed by atoms with Crippen LogP contribution in [0.1, 0.15) is 100 Å². The molecule has 0 radical (unpaired) electrons. The molecule has 0 aliphatic carbocycles. The van der Waals surface area contributed by atoms with Crippen LogP contribution in [0.2, 0.25) is 0 Å². The van der Waals surface area contributed by atoms with Crippen LogP contribution in [0.15, 0.2) is 176 Å². The Morgan fingerprint density at radius 1 is 0.787 bits per heavy atom. The van der Waals surface area contributed by atoms with Gasteiger partial charge in [-0.15, -0.1) is 0 Å². The van der Waals surface area contributed by atoms with Crippen LogP contribution in [-0.2, 0) is 6.42 Å². The van der Waals surface area contributed by atoms with Gasteiger partial charge in [0.05, 0.1) is 11.1 Å². The fraction of sp³-hybridized carbons (Fsp3) is 0.237. The molecule has 2 unspecified atom stereocenters. The van der Waals surface area contributed by atoms with Crippen molar-refractivity contribution in [2.24, 2.45) is 5.92 Å². The average molecular weight is 798 g/mol. The highest BCUT2D eigenvalue weighted by Gasteiger charge is 2.33. The zero-order valence-corrected chi connectivity index (χ0v) is 37.3. The minimum absolute atomic E-state index is 0.354. The van der Waals surface area contributed by atoms with E-state index in [9.17, 15) is 0 Å². The molecule has 2 nitrogen and oxygen atoms in total. The van der Waals surface area contributed by atoms with E-state index in [4.69, 9.17) is 6.58 Å². The fourth-order valence-electron chi connectivity index (χ4n) is 9.44. The first kappa shape index (κ1) is 41.5. The van der Waals surface area contributed by atoms with Crippen molar-refractivity contribution in [1.29, 1.82) is 0 Å². The fourth-order valence-corrected chi connectivity index (χ4v) is 9.44. The van der Waals surface area contributed by atoms with Crippen LogP contribution in [0.25, 0.3) is 39.1 Å². The van der Waals surface area contributed by atoms with Crippen molar-refractivity contribution < 1.29 is 0 Å². The van der Waals surface area contributed by atoms with Crippen molar-refractivity contribution in [1.82, 2.24) is 9.48 Å².